The van der Waals surface area contributed by atoms with Crippen LogP contribution in [-0.2, 0) is 54.0 Å². The maximum atomic E-state index is 12.2. The Morgan fingerprint density at radius 2 is 0.696 bits per heavy atom. The maximum absolute atomic E-state index is 12.2. The molecule has 0 aromatic heterocycles. The molecule has 12 heteroatoms. The molecule has 5 unspecified atom stereocenters. The van der Waals surface area contributed by atoms with E-state index in [0.29, 0.717) is 0 Å². The van der Waals surface area contributed by atoms with Crippen LogP contribution in [-0.4, -0.2) is 52.3 Å². The molecule has 1 aromatic rings. The summed E-state index contributed by atoms with van der Waals surface area (Å²) in [6, 6.07) is 0. The van der Waals surface area contributed by atoms with E-state index in [9.17, 15) is 21.0 Å². The molecule has 0 spiro atoms. The fourth-order valence-corrected chi connectivity index (χ4v) is 9.82. The summed E-state index contributed by atoms with van der Waals surface area (Å²) in [5, 5.41) is 0. The molecule has 23 heavy (non-hydrogen) atoms. The van der Waals surface area contributed by atoms with Crippen molar-refractivity contribution in [3.63, 3.8) is 0 Å². The molecule has 1 rings (SSSR count). The SMILES string of the molecule is CS(=O)c1c(S)c(S(C)=O)c(S(C)=O)c(S(C)=O)c1S(C)=O.[Na+]. The van der Waals surface area contributed by atoms with Gasteiger partial charge in [0.2, 0.25) is 0 Å². The van der Waals surface area contributed by atoms with Crippen molar-refractivity contribution in [2.75, 3.05) is 31.3 Å². The Morgan fingerprint density at radius 3 is 0.870 bits per heavy atom. The largest absolute Gasteiger partial charge is 1.00 e. The molecule has 5 atom stereocenters. The third-order valence-electron chi connectivity index (χ3n) is 2.69. The normalized spacial score (nSPS) is 17.7. The zero-order valence-electron chi connectivity index (χ0n) is 13.5. The summed E-state index contributed by atoms with van der Waals surface area (Å²) in [4.78, 5) is 0.681. The van der Waals surface area contributed by atoms with Gasteiger partial charge in [-0.2, -0.15) is 0 Å². The molecule has 0 heterocycles. The van der Waals surface area contributed by atoms with Crippen molar-refractivity contribution in [3.8, 4) is 0 Å². The molecule has 0 aliphatic carbocycles. The van der Waals surface area contributed by atoms with E-state index in [1.807, 2.05) is 0 Å². The molecule has 0 N–H and O–H groups in total. The van der Waals surface area contributed by atoms with Gasteiger partial charge in [0, 0.05) is 36.2 Å². The molecule has 0 fully saturated rings. The van der Waals surface area contributed by atoms with Gasteiger partial charge in [-0.15, -0.1) is 12.6 Å². The molecule has 1 aromatic carbocycles. The summed E-state index contributed by atoms with van der Waals surface area (Å²) in [7, 11) is -8.05. The van der Waals surface area contributed by atoms with Crippen molar-refractivity contribution in [1.82, 2.24) is 0 Å². The second-order valence-electron chi connectivity index (χ2n) is 4.26. The number of benzene rings is 1. The number of thiol groups is 1. The molecule has 5 nitrogen and oxygen atoms in total. The minimum absolute atomic E-state index is 0. The summed E-state index contributed by atoms with van der Waals surface area (Å²) < 4.78 is 60.6. The van der Waals surface area contributed by atoms with Gasteiger partial charge < -0.3 is 0 Å². The number of hydrogen-bond donors (Lipinski definition) is 1. The van der Waals surface area contributed by atoms with Gasteiger partial charge in [0.1, 0.15) is 0 Å². The van der Waals surface area contributed by atoms with E-state index in [1.54, 1.807) is 0 Å². The summed E-state index contributed by atoms with van der Waals surface area (Å²) in [5.41, 5.74) is 0. The predicted molar refractivity (Wildman–Crippen MR) is 95.4 cm³/mol. The Hall–Kier alpha value is 1.32. The maximum Gasteiger partial charge on any atom is 1.00 e. The Morgan fingerprint density at radius 1 is 0.522 bits per heavy atom. The van der Waals surface area contributed by atoms with Crippen molar-refractivity contribution in [2.45, 2.75) is 29.4 Å². The summed E-state index contributed by atoms with van der Waals surface area (Å²) in [6.07, 6.45) is 6.82. The van der Waals surface area contributed by atoms with Crippen LogP contribution in [0.3, 0.4) is 0 Å². The van der Waals surface area contributed by atoms with Gasteiger partial charge in [0.05, 0.1) is 78.5 Å². The van der Waals surface area contributed by atoms with Gasteiger partial charge in [-0.05, 0) is 0 Å². The molecule has 0 aliphatic heterocycles. The number of rotatable bonds is 5. The van der Waals surface area contributed by atoms with Crippen molar-refractivity contribution >= 4 is 66.6 Å². The number of hydrogen-bond acceptors (Lipinski definition) is 6. The third-order valence-corrected chi connectivity index (χ3v) is 8.87. The third kappa shape index (κ3) is 5.16. The van der Waals surface area contributed by atoms with E-state index in [-0.39, 0.29) is 58.9 Å². The van der Waals surface area contributed by atoms with Crippen LogP contribution in [0.4, 0.5) is 0 Å². The molecule has 0 bridgehead atoms. The van der Waals surface area contributed by atoms with E-state index < -0.39 is 54.0 Å². The summed E-state index contributed by atoms with van der Waals surface area (Å²) in [5.74, 6) is 0. The second kappa shape index (κ2) is 9.86. The second-order valence-corrected chi connectivity index (χ2v) is 11.3. The summed E-state index contributed by atoms with van der Waals surface area (Å²) >= 11 is 4.28. The first-order valence-corrected chi connectivity index (χ1v) is 13.9. The first kappa shape index (κ1) is 24.3. The van der Waals surface area contributed by atoms with E-state index in [0.717, 1.165) is 0 Å². The zero-order chi connectivity index (χ0) is 17.4. The van der Waals surface area contributed by atoms with Crippen LogP contribution in [0.5, 0.6) is 0 Å². The predicted octanol–water partition coefficient (Wildman–Crippen LogP) is -2.33. The quantitative estimate of drug-likeness (QED) is 0.408. The fourth-order valence-electron chi connectivity index (χ4n) is 1.94. The van der Waals surface area contributed by atoms with Gasteiger partial charge in [-0.3, -0.25) is 21.0 Å². The topological polar surface area (TPSA) is 85.3 Å². The van der Waals surface area contributed by atoms with E-state index in [1.165, 1.54) is 31.3 Å². The zero-order valence-corrected chi connectivity index (χ0v) is 20.5. The van der Waals surface area contributed by atoms with Gasteiger partial charge in [0.15, 0.2) is 0 Å². The van der Waals surface area contributed by atoms with Gasteiger partial charge in [0.25, 0.3) is 0 Å². The van der Waals surface area contributed by atoms with E-state index in [4.69, 9.17) is 0 Å². The average molecular weight is 444 g/mol. The van der Waals surface area contributed by atoms with Crippen molar-refractivity contribution in [1.29, 1.82) is 0 Å². The van der Waals surface area contributed by atoms with Crippen molar-refractivity contribution in [2.24, 2.45) is 0 Å². The van der Waals surface area contributed by atoms with Crippen LogP contribution in [0.25, 0.3) is 0 Å². The Labute approximate surface area is 176 Å². The molecule has 0 amide bonds. The fraction of sp³-hybridized carbons (Fsp3) is 0.455. The Kier molecular flexibility index (Phi) is 10.4. The molecule has 0 saturated heterocycles. The van der Waals surface area contributed by atoms with Crippen LogP contribution in [0.15, 0.2) is 29.4 Å². The van der Waals surface area contributed by atoms with Crippen LogP contribution in [0.1, 0.15) is 0 Å². The molecule has 0 saturated carbocycles. The van der Waals surface area contributed by atoms with Gasteiger partial charge >= 0.3 is 29.6 Å². The van der Waals surface area contributed by atoms with Crippen LogP contribution in [0.2, 0.25) is 0 Å². The molecular formula is C11H16NaO5S6+. The van der Waals surface area contributed by atoms with Crippen LogP contribution < -0.4 is 29.6 Å². The Balaban J connectivity index is 0.00000484. The van der Waals surface area contributed by atoms with Crippen LogP contribution in [0, 0.1) is 0 Å². The van der Waals surface area contributed by atoms with Crippen molar-refractivity contribution in [3.05, 3.63) is 0 Å². The molecule has 126 valence electrons. The van der Waals surface area contributed by atoms with E-state index in [2.05, 4.69) is 12.6 Å². The molecule has 0 radical (unpaired) electrons. The smallest absolute Gasteiger partial charge is 0.255 e. The minimum Gasteiger partial charge on any atom is -0.255 e. The monoisotopic (exact) mass is 443 g/mol. The summed E-state index contributed by atoms with van der Waals surface area (Å²) in [6.45, 7) is 0. The van der Waals surface area contributed by atoms with Gasteiger partial charge in [-0.1, -0.05) is 0 Å². The first-order valence-electron chi connectivity index (χ1n) is 5.62. The van der Waals surface area contributed by atoms with Crippen molar-refractivity contribution < 1.29 is 50.6 Å². The molecular weight excluding hydrogens is 428 g/mol. The minimum atomic E-state index is -1.64. The Bertz CT molecular complexity index is 707. The van der Waals surface area contributed by atoms with E-state index >= 15 is 0 Å². The van der Waals surface area contributed by atoms with Crippen LogP contribution >= 0.6 is 12.6 Å². The average Bonchev–Trinajstić information content (AvgIpc) is 2.34. The van der Waals surface area contributed by atoms with Gasteiger partial charge in [-0.25, -0.2) is 0 Å². The standard InChI is InChI=1S/C11H16O5S6.Na/c1-18(12)7-6(17)8(19(2)13)10(21(4)15)11(22(5)16)9(7)20(3)14;/h17H,1-5H3;/q;+1. The molecule has 0 aliphatic rings. The first-order chi connectivity index (χ1) is 10.0.